The van der Waals surface area contributed by atoms with Gasteiger partial charge in [-0.25, -0.2) is 0 Å². The van der Waals surface area contributed by atoms with Crippen molar-refractivity contribution in [2.24, 2.45) is 0 Å². The Bertz CT molecular complexity index is 575. The minimum Gasteiger partial charge on any atom is -0.489 e. The smallest absolute Gasteiger partial charge is 0.303 e. The highest BCUT2D eigenvalue weighted by Gasteiger charge is 2.14. The predicted octanol–water partition coefficient (Wildman–Crippen LogP) is 4.62. The molecule has 0 radical (unpaired) electrons. The summed E-state index contributed by atoms with van der Waals surface area (Å²) in [4.78, 5) is 11.0. The molecule has 0 bridgehead atoms. The molecule has 0 aliphatic rings. The second-order valence-corrected chi connectivity index (χ2v) is 5.43. The van der Waals surface area contributed by atoms with Crippen molar-refractivity contribution in [3.05, 3.63) is 65.7 Å². The molecule has 0 fully saturated rings. The van der Waals surface area contributed by atoms with Crippen LogP contribution in [0.2, 0.25) is 0 Å². The van der Waals surface area contributed by atoms with E-state index in [9.17, 15) is 4.79 Å². The number of hydrogen-bond acceptors (Lipinski definition) is 2. The molecule has 3 nitrogen and oxygen atoms in total. The lowest BCUT2D eigenvalue weighted by Gasteiger charge is -2.15. The summed E-state index contributed by atoms with van der Waals surface area (Å²) in [6, 6.07) is 17.8. The van der Waals surface area contributed by atoms with Gasteiger partial charge in [0.2, 0.25) is 0 Å². The van der Waals surface area contributed by atoms with Gasteiger partial charge in [-0.1, -0.05) is 55.8 Å². The first-order valence-corrected chi connectivity index (χ1v) is 7.67. The quantitative estimate of drug-likeness (QED) is 0.773. The summed E-state index contributed by atoms with van der Waals surface area (Å²) in [7, 11) is 0. The van der Waals surface area contributed by atoms with E-state index in [0.717, 1.165) is 29.7 Å². The van der Waals surface area contributed by atoms with E-state index in [1.807, 2.05) is 54.6 Å². The van der Waals surface area contributed by atoms with Crippen LogP contribution in [-0.4, -0.2) is 11.1 Å². The molecule has 2 aromatic carbocycles. The predicted molar refractivity (Wildman–Crippen MR) is 87.1 cm³/mol. The van der Waals surface area contributed by atoms with Crippen molar-refractivity contribution in [3.8, 4) is 5.75 Å². The molecule has 0 amide bonds. The average molecular weight is 298 g/mol. The van der Waals surface area contributed by atoms with Crippen LogP contribution in [-0.2, 0) is 11.4 Å². The Morgan fingerprint density at radius 1 is 1.09 bits per heavy atom. The summed E-state index contributed by atoms with van der Waals surface area (Å²) in [5.41, 5.74) is 2.19. The molecule has 0 aromatic heterocycles. The number of carboxylic acids is 1. The van der Waals surface area contributed by atoms with Crippen LogP contribution in [0.5, 0.6) is 5.75 Å². The topological polar surface area (TPSA) is 46.5 Å². The van der Waals surface area contributed by atoms with Crippen molar-refractivity contribution in [2.45, 2.75) is 38.7 Å². The largest absolute Gasteiger partial charge is 0.489 e. The van der Waals surface area contributed by atoms with Gasteiger partial charge in [0.15, 0.2) is 0 Å². The van der Waals surface area contributed by atoms with Crippen LogP contribution in [0.15, 0.2) is 54.6 Å². The van der Waals surface area contributed by atoms with Crippen LogP contribution in [0.4, 0.5) is 0 Å². The zero-order valence-corrected chi connectivity index (χ0v) is 12.9. The molecular formula is C19H22O3. The van der Waals surface area contributed by atoms with Crippen molar-refractivity contribution in [1.82, 2.24) is 0 Å². The average Bonchev–Trinajstić information content (AvgIpc) is 2.54. The fraction of sp³-hybridized carbons (Fsp3) is 0.316. The molecule has 1 atom stereocenters. The van der Waals surface area contributed by atoms with E-state index in [4.69, 9.17) is 9.84 Å². The van der Waals surface area contributed by atoms with Crippen LogP contribution in [0, 0.1) is 0 Å². The SMILES string of the molecule is CCCC(CC(=O)O)c1ccc(OCc2ccccc2)cc1. The summed E-state index contributed by atoms with van der Waals surface area (Å²) >= 11 is 0. The first kappa shape index (κ1) is 16.1. The number of aliphatic carboxylic acids is 1. The molecule has 116 valence electrons. The highest BCUT2D eigenvalue weighted by atomic mass is 16.5. The number of benzene rings is 2. The zero-order chi connectivity index (χ0) is 15.8. The van der Waals surface area contributed by atoms with Crippen LogP contribution < -0.4 is 4.74 Å². The molecule has 0 saturated heterocycles. The van der Waals surface area contributed by atoms with Crippen LogP contribution in [0.3, 0.4) is 0 Å². The van der Waals surface area contributed by atoms with Crippen LogP contribution in [0.1, 0.15) is 43.2 Å². The third kappa shape index (κ3) is 4.92. The third-order valence-corrected chi connectivity index (χ3v) is 3.66. The molecule has 0 aliphatic heterocycles. The monoisotopic (exact) mass is 298 g/mol. The Morgan fingerprint density at radius 2 is 1.77 bits per heavy atom. The minimum absolute atomic E-state index is 0.0747. The van der Waals surface area contributed by atoms with Gasteiger partial charge in [-0.3, -0.25) is 4.79 Å². The van der Waals surface area contributed by atoms with E-state index in [-0.39, 0.29) is 12.3 Å². The summed E-state index contributed by atoms with van der Waals surface area (Å²) < 4.78 is 5.75. The zero-order valence-electron chi connectivity index (χ0n) is 12.9. The Kier molecular flexibility index (Phi) is 6.01. The molecular weight excluding hydrogens is 276 g/mol. The minimum atomic E-state index is -0.747. The number of ether oxygens (including phenoxy) is 1. The first-order chi connectivity index (χ1) is 10.7. The maximum atomic E-state index is 11.0. The van der Waals surface area contributed by atoms with E-state index in [0.29, 0.717) is 6.61 Å². The van der Waals surface area contributed by atoms with Crippen molar-refractivity contribution in [2.75, 3.05) is 0 Å². The summed E-state index contributed by atoms with van der Waals surface area (Å²) in [6.45, 7) is 2.61. The standard InChI is InChI=1S/C19H22O3/c1-2-6-17(13-19(20)21)16-9-11-18(12-10-16)22-14-15-7-4-3-5-8-15/h3-5,7-12,17H,2,6,13-14H2,1H3,(H,20,21). The lowest BCUT2D eigenvalue weighted by Crippen LogP contribution is -2.06. The molecule has 0 saturated carbocycles. The molecule has 1 N–H and O–H groups in total. The van der Waals surface area contributed by atoms with E-state index >= 15 is 0 Å². The Labute approximate surface area is 131 Å². The van der Waals surface area contributed by atoms with Gasteiger partial charge in [0.05, 0.1) is 6.42 Å². The fourth-order valence-corrected chi connectivity index (χ4v) is 2.52. The molecule has 0 aliphatic carbocycles. The molecule has 2 rings (SSSR count). The third-order valence-electron chi connectivity index (χ3n) is 3.66. The van der Waals surface area contributed by atoms with Crippen molar-refractivity contribution >= 4 is 5.97 Å². The summed E-state index contributed by atoms with van der Waals surface area (Å²) in [5.74, 6) is 0.131. The fourth-order valence-electron chi connectivity index (χ4n) is 2.52. The van der Waals surface area contributed by atoms with E-state index in [2.05, 4.69) is 6.92 Å². The van der Waals surface area contributed by atoms with Crippen molar-refractivity contribution < 1.29 is 14.6 Å². The number of hydrogen-bond donors (Lipinski definition) is 1. The van der Waals surface area contributed by atoms with E-state index in [1.54, 1.807) is 0 Å². The Morgan fingerprint density at radius 3 is 2.36 bits per heavy atom. The van der Waals surface area contributed by atoms with E-state index < -0.39 is 5.97 Å². The molecule has 22 heavy (non-hydrogen) atoms. The Balaban J connectivity index is 1.97. The number of carbonyl (C=O) groups is 1. The van der Waals surface area contributed by atoms with Gasteiger partial charge in [0.25, 0.3) is 0 Å². The summed E-state index contributed by atoms with van der Waals surface area (Å²) in [5, 5.41) is 9.01. The number of rotatable bonds is 8. The second kappa shape index (κ2) is 8.23. The van der Waals surface area contributed by atoms with Gasteiger partial charge in [-0.2, -0.15) is 0 Å². The molecule has 0 spiro atoms. The van der Waals surface area contributed by atoms with Gasteiger partial charge >= 0.3 is 5.97 Å². The molecule has 0 heterocycles. The normalized spacial score (nSPS) is 11.9. The molecule has 2 aromatic rings. The molecule has 3 heteroatoms. The van der Waals surface area contributed by atoms with E-state index in [1.165, 1.54) is 0 Å². The van der Waals surface area contributed by atoms with Gasteiger partial charge in [0, 0.05) is 0 Å². The van der Waals surface area contributed by atoms with Crippen LogP contribution >= 0.6 is 0 Å². The van der Waals surface area contributed by atoms with Gasteiger partial charge < -0.3 is 9.84 Å². The van der Waals surface area contributed by atoms with Gasteiger partial charge in [-0.05, 0) is 35.6 Å². The Hall–Kier alpha value is -2.29. The maximum Gasteiger partial charge on any atom is 0.303 e. The maximum absolute atomic E-state index is 11.0. The number of carboxylic acid groups (broad SMARTS) is 1. The van der Waals surface area contributed by atoms with Crippen molar-refractivity contribution in [3.63, 3.8) is 0 Å². The van der Waals surface area contributed by atoms with Crippen LogP contribution in [0.25, 0.3) is 0 Å². The van der Waals surface area contributed by atoms with Gasteiger partial charge in [0.1, 0.15) is 12.4 Å². The summed E-state index contributed by atoms with van der Waals surface area (Å²) in [6.07, 6.45) is 2.04. The highest BCUT2D eigenvalue weighted by molar-refractivity contribution is 5.68. The second-order valence-electron chi connectivity index (χ2n) is 5.43. The van der Waals surface area contributed by atoms with Crippen molar-refractivity contribution in [1.29, 1.82) is 0 Å². The van der Waals surface area contributed by atoms with Gasteiger partial charge in [-0.15, -0.1) is 0 Å². The first-order valence-electron chi connectivity index (χ1n) is 7.67. The lowest BCUT2D eigenvalue weighted by molar-refractivity contribution is -0.137. The molecule has 1 unspecified atom stereocenters. The highest BCUT2D eigenvalue weighted by Crippen LogP contribution is 2.27. The lowest BCUT2D eigenvalue weighted by atomic mass is 9.91.